The molecule has 0 heterocycles. The molecule has 2 aliphatic carbocycles. The van der Waals surface area contributed by atoms with Crippen molar-refractivity contribution >= 4 is 33.6 Å². The fourth-order valence-corrected chi connectivity index (χ4v) is 5.84. The smallest absolute Gasteiger partial charge is 0.237 e. The summed E-state index contributed by atoms with van der Waals surface area (Å²) in [6, 6.07) is 13.2. The summed E-state index contributed by atoms with van der Waals surface area (Å²) < 4.78 is 75.0. The van der Waals surface area contributed by atoms with E-state index in [2.05, 4.69) is 14.5 Å². The lowest BCUT2D eigenvalue weighted by Gasteiger charge is -2.16. The molecule has 0 saturated heterocycles. The predicted molar refractivity (Wildman–Crippen MR) is 163 cm³/mol. The third-order valence-electron chi connectivity index (χ3n) is 8.01. The molecule has 0 bridgehead atoms. The van der Waals surface area contributed by atoms with Crippen LogP contribution in [0.5, 0.6) is 0 Å². The molecule has 12 heteroatoms. The molecule has 0 unspecified atom stereocenters. The van der Waals surface area contributed by atoms with E-state index in [4.69, 9.17) is 19.7 Å². The van der Waals surface area contributed by atoms with Crippen molar-refractivity contribution in [2.24, 2.45) is 0 Å². The number of alkyl halides is 3. The van der Waals surface area contributed by atoms with Gasteiger partial charge in [-0.1, -0.05) is 24.3 Å². The Labute approximate surface area is 270 Å². The van der Waals surface area contributed by atoms with Gasteiger partial charge in [0.05, 0.1) is 54.6 Å². The summed E-state index contributed by atoms with van der Waals surface area (Å²) in [6.45, 7) is 26.8. The number of aryl methyl sites for hydroxylation is 2. The van der Waals surface area contributed by atoms with Crippen LogP contribution in [0.3, 0.4) is 0 Å². The highest BCUT2D eigenvalue weighted by Crippen LogP contribution is 2.58. The third kappa shape index (κ3) is 4.49. The van der Waals surface area contributed by atoms with Crippen LogP contribution in [0.2, 0.25) is 0 Å². The number of halogens is 5. The van der Waals surface area contributed by atoms with E-state index in [1.165, 1.54) is 6.07 Å². The molecule has 0 aromatic heterocycles. The van der Waals surface area contributed by atoms with Crippen LogP contribution in [0.1, 0.15) is 55.6 Å². The lowest BCUT2D eigenvalue weighted by molar-refractivity contribution is -0.137. The van der Waals surface area contributed by atoms with E-state index in [1.54, 1.807) is 50.3 Å². The van der Waals surface area contributed by atoms with Gasteiger partial charge in [-0.25, -0.2) is 33.8 Å². The average Bonchev–Trinajstić information content (AvgIpc) is 3.60. The van der Waals surface area contributed by atoms with Gasteiger partial charge in [-0.2, -0.15) is 23.7 Å². The van der Waals surface area contributed by atoms with Crippen molar-refractivity contribution in [1.82, 2.24) is 0 Å². The van der Waals surface area contributed by atoms with E-state index in [-0.39, 0.29) is 16.7 Å². The Morgan fingerprint density at radius 3 is 1.73 bits per heavy atom. The number of allylic oxidation sites excluding steroid dienone is 7. The molecule has 0 aliphatic heterocycles. The first-order valence-electron chi connectivity index (χ1n) is 13.4. The quantitative estimate of drug-likeness (QED) is 0.159. The van der Waals surface area contributed by atoms with Crippen LogP contribution in [-0.2, 0) is 6.18 Å². The summed E-state index contributed by atoms with van der Waals surface area (Å²) in [7, 11) is 0. The van der Waals surface area contributed by atoms with Crippen LogP contribution in [0.15, 0.2) is 47.8 Å². The van der Waals surface area contributed by atoms with Crippen molar-refractivity contribution < 1.29 is 22.0 Å². The van der Waals surface area contributed by atoms with E-state index in [0.29, 0.717) is 6.07 Å². The molecule has 7 nitrogen and oxygen atoms in total. The lowest BCUT2D eigenvalue weighted by Crippen LogP contribution is -2.08. The Hall–Kier alpha value is -7.30. The maximum absolute atomic E-state index is 17.2. The van der Waals surface area contributed by atoms with Crippen LogP contribution in [-0.4, -0.2) is 0 Å². The Morgan fingerprint density at radius 1 is 0.688 bits per heavy atom. The van der Waals surface area contributed by atoms with Gasteiger partial charge < -0.3 is 0 Å². The van der Waals surface area contributed by atoms with Gasteiger partial charge in [0.15, 0.2) is 0 Å². The van der Waals surface area contributed by atoms with E-state index in [9.17, 15) is 34.2 Å². The first-order valence-corrected chi connectivity index (χ1v) is 13.4. The minimum Gasteiger partial charge on any atom is -0.237 e. The average molecular weight is 638 g/mol. The zero-order valence-corrected chi connectivity index (χ0v) is 24.5. The summed E-state index contributed by atoms with van der Waals surface area (Å²) in [5, 5.41) is 39.6. The van der Waals surface area contributed by atoms with Crippen LogP contribution in [0.25, 0.3) is 48.1 Å². The summed E-state index contributed by atoms with van der Waals surface area (Å²) in [5.74, 6) is -2.74. The number of rotatable bonds is 2. The van der Waals surface area contributed by atoms with Gasteiger partial charge in [-0.3, -0.25) is 0 Å². The van der Waals surface area contributed by atoms with Gasteiger partial charge >= 0.3 is 6.18 Å². The molecular formula is C36H12F5N7. The highest BCUT2D eigenvalue weighted by Gasteiger charge is 2.44. The molecule has 0 N–H and O–H groups in total. The molecule has 3 aromatic carbocycles. The summed E-state index contributed by atoms with van der Waals surface area (Å²) >= 11 is 0. The van der Waals surface area contributed by atoms with Crippen LogP contribution in [0, 0.1) is 90.5 Å². The standard InChI is InChI=1S/C36H12F5N7/c1-16-6-7-18(10-17(16)2)26-29(24(15-45)47-4)31-32(35(26)48-5)33(37)27-21(13-43)25(28(23(14-44)46-3)30(27)34(31)38)19-8-9-22(36(39,40)41)20(11-19)12-42/h6-11H,1-2H3/b28-23-,29-24+. The van der Waals surface area contributed by atoms with E-state index in [0.717, 1.165) is 23.3 Å². The van der Waals surface area contributed by atoms with Crippen molar-refractivity contribution in [2.45, 2.75) is 20.0 Å². The molecule has 0 radical (unpaired) electrons. The third-order valence-corrected chi connectivity index (χ3v) is 8.01. The molecule has 0 saturated carbocycles. The Balaban J connectivity index is 2.01. The molecule has 0 spiro atoms. The van der Waals surface area contributed by atoms with Gasteiger partial charge in [0.1, 0.15) is 17.7 Å². The molecule has 0 atom stereocenters. The van der Waals surface area contributed by atoms with Crippen LogP contribution < -0.4 is 0 Å². The number of hydrogen-bond donors (Lipinski definition) is 0. The van der Waals surface area contributed by atoms with Gasteiger partial charge in [0, 0.05) is 27.8 Å². The van der Waals surface area contributed by atoms with Crippen molar-refractivity contribution in [3.05, 3.63) is 149 Å². The summed E-state index contributed by atoms with van der Waals surface area (Å²) in [5.41, 5.74) is -8.13. The zero-order valence-electron chi connectivity index (χ0n) is 24.5. The number of fused-ring (bicyclic) bond motifs is 2. The molecule has 3 aromatic rings. The largest absolute Gasteiger partial charge is 0.417 e. The van der Waals surface area contributed by atoms with Crippen molar-refractivity contribution in [2.75, 3.05) is 0 Å². The zero-order chi connectivity index (χ0) is 35.2. The monoisotopic (exact) mass is 637 g/mol. The number of benzene rings is 3. The highest BCUT2D eigenvalue weighted by atomic mass is 19.4. The van der Waals surface area contributed by atoms with Gasteiger partial charge in [0.25, 0.3) is 11.4 Å². The Bertz CT molecular complexity index is 2460. The second kappa shape index (κ2) is 11.6. The molecule has 5 rings (SSSR count). The SMILES string of the molecule is [C-]#[N+]C1=C(c2ccc(C)c(C)c2)/C(=C(/C#N)[N+]#[C-])c2c(F)c3c(c(F)c21)C(C#N)=C(c1ccc(C(F)(F)F)c(C#N)c1)/C3=C(\C#N)[N+]#[C-]. The van der Waals surface area contributed by atoms with Crippen LogP contribution >= 0.6 is 0 Å². The van der Waals surface area contributed by atoms with Gasteiger partial charge in [0.2, 0.25) is 5.70 Å². The number of nitriles is 4. The molecule has 2 aliphatic rings. The minimum absolute atomic E-state index is 0.127. The van der Waals surface area contributed by atoms with Crippen molar-refractivity contribution in [3.8, 4) is 24.3 Å². The normalized spacial score (nSPS) is 15.2. The summed E-state index contributed by atoms with van der Waals surface area (Å²) in [6.07, 6.45) is -4.96. The van der Waals surface area contributed by atoms with E-state index in [1.807, 2.05) is 0 Å². The van der Waals surface area contributed by atoms with Crippen LogP contribution in [0.4, 0.5) is 22.0 Å². The Kier molecular flexibility index (Phi) is 7.74. The number of nitrogens with zero attached hydrogens (tertiary/aromatic N) is 7. The van der Waals surface area contributed by atoms with Gasteiger partial charge in [-0.15, -0.1) is 0 Å². The minimum atomic E-state index is -4.96. The maximum Gasteiger partial charge on any atom is 0.417 e. The molecule has 48 heavy (non-hydrogen) atoms. The molecule has 226 valence electrons. The first-order chi connectivity index (χ1) is 22.8. The fourth-order valence-electron chi connectivity index (χ4n) is 5.84. The molecule has 0 fully saturated rings. The second-order valence-corrected chi connectivity index (χ2v) is 10.4. The maximum atomic E-state index is 17.2. The fraction of sp³-hybridized carbons (Fsp3) is 0.0833. The second-order valence-electron chi connectivity index (χ2n) is 10.4. The summed E-state index contributed by atoms with van der Waals surface area (Å²) in [4.78, 5) is 9.78. The molecule has 0 amide bonds. The topological polar surface area (TPSA) is 108 Å². The van der Waals surface area contributed by atoms with E-state index >= 15 is 8.78 Å². The first kappa shape index (κ1) is 32.1. The van der Waals surface area contributed by atoms with Gasteiger partial charge in [-0.05, 0) is 65.0 Å². The lowest BCUT2D eigenvalue weighted by atomic mass is 9.89. The number of hydrogen-bond acceptors (Lipinski definition) is 4. The van der Waals surface area contributed by atoms with Crippen molar-refractivity contribution in [1.29, 1.82) is 21.0 Å². The van der Waals surface area contributed by atoms with Crippen molar-refractivity contribution in [3.63, 3.8) is 0 Å². The van der Waals surface area contributed by atoms with E-state index < -0.39 is 90.6 Å². The predicted octanol–water partition coefficient (Wildman–Crippen LogP) is 9.03. The Morgan fingerprint density at radius 2 is 1.23 bits per heavy atom. The molecular weight excluding hydrogens is 625 g/mol. The highest BCUT2D eigenvalue weighted by molar-refractivity contribution is 6.29.